The van der Waals surface area contributed by atoms with Crippen LogP contribution in [-0.4, -0.2) is 15.5 Å². The van der Waals surface area contributed by atoms with Crippen molar-refractivity contribution in [1.29, 1.82) is 0 Å². The summed E-state index contributed by atoms with van der Waals surface area (Å²) in [7, 11) is -3.89. The van der Waals surface area contributed by atoms with E-state index in [1.54, 1.807) is 6.08 Å². The van der Waals surface area contributed by atoms with Crippen LogP contribution in [0.4, 0.5) is 0 Å². The van der Waals surface area contributed by atoms with Gasteiger partial charge in [0.05, 0.1) is 4.65 Å². The predicted molar refractivity (Wildman–Crippen MR) is 37.2 cm³/mol. The number of thioether (sulfide) groups is 1. The van der Waals surface area contributed by atoms with Gasteiger partial charge in [0.15, 0.2) is 0 Å². The third-order valence-electron chi connectivity index (χ3n) is 0.974. The number of allylic oxidation sites excluding steroid dienone is 1. The molecule has 0 unspecified atom stereocenters. The maximum Gasteiger partial charge on any atom is 0.362 e. The van der Waals surface area contributed by atoms with Crippen molar-refractivity contribution in [2.75, 3.05) is 5.75 Å². The molecule has 5 heteroatoms. The lowest BCUT2D eigenvalue weighted by atomic mass is 10.5. The van der Waals surface area contributed by atoms with E-state index in [0.717, 1.165) is 12.2 Å². The average Bonchev–Trinajstić information content (AvgIpc) is 2.08. The van der Waals surface area contributed by atoms with Crippen molar-refractivity contribution in [3.63, 3.8) is 0 Å². The molecule has 0 radical (unpaired) electrons. The molecule has 0 saturated carbocycles. The molecule has 52 valence electrons. The van der Waals surface area contributed by atoms with Crippen LogP contribution in [0.25, 0.3) is 0 Å². The zero-order chi connectivity index (χ0) is 6.91. The number of hydrogen-bond donors (Lipinski definition) is 2. The minimum Gasteiger partial charge on any atom is -0.321 e. The topological polar surface area (TPSA) is 57.5 Å². The van der Waals surface area contributed by atoms with Crippen molar-refractivity contribution in [1.82, 2.24) is 0 Å². The second-order valence-corrected chi connectivity index (χ2v) is 4.73. The first-order valence-corrected chi connectivity index (χ1v) is 5.09. The molecule has 1 aliphatic heterocycles. The molecule has 1 rings (SSSR count). The average molecular weight is 166 g/mol. The molecule has 1 heterocycles. The maximum atomic E-state index is 10.4. The van der Waals surface area contributed by atoms with Crippen LogP contribution in [0.5, 0.6) is 0 Å². The van der Waals surface area contributed by atoms with Gasteiger partial charge in [-0.2, -0.15) is 0 Å². The number of rotatable bonds is 1. The molecular weight excluding hydrogens is 159 g/mol. The highest BCUT2D eigenvalue weighted by Crippen LogP contribution is 2.53. The van der Waals surface area contributed by atoms with Crippen LogP contribution in [0.15, 0.2) is 10.7 Å². The molecule has 0 aromatic heterocycles. The summed E-state index contributed by atoms with van der Waals surface area (Å²) in [5.74, 6) is 0.806. The summed E-state index contributed by atoms with van der Waals surface area (Å²) in [5, 5.41) is 0. The number of hydrogen-bond acceptors (Lipinski definition) is 2. The van der Waals surface area contributed by atoms with Crippen LogP contribution in [0.3, 0.4) is 0 Å². The fourth-order valence-corrected chi connectivity index (χ4v) is 2.60. The minimum atomic E-state index is -3.89. The first-order chi connectivity index (χ1) is 4.11. The second-order valence-electron chi connectivity index (χ2n) is 1.72. The van der Waals surface area contributed by atoms with E-state index in [-0.39, 0.29) is 4.65 Å². The van der Waals surface area contributed by atoms with E-state index in [9.17, 15) is 4.57 Å². The standard InChI is InChI=1S/C4H7O3PS/c5-8(6,7)4-2-1-3-9-4/h2H,1,3H2,(H2,5,6,7). The van der Waals surface area contributed by atoms with E-state index in [1.807, 2.05) is 0 Å². The Morgan fingerprint density at radius 2 is 2.33 bits per heavy atom. The van der Waals surface area contributed by atoms with Crippen LogP contribution < -0.4 is 0 Å². The Hall–Kier alpha value is 0.240. The third-order valence-corrected chi connectivity index (χ3v) is 3.73. The van der Waals surface area contributed by atoms with Crippen LogP contribution in [0.1, 0.15) is 6.42 Å². The normalized spacial score (nSPS) is 20.0. The third kappa shape index (κ3) is 1.83. The van der Waals surface area contributed by atoms with Gasteiger partial charge in [-0.15, -0.1) is 11.8 Å². The quantitative estimate of drug-likeness (QED) is 0.573. The minimum absolute atomic E-state index is 0.238. The van der Waals surface area contributed by atoms with E-state index in [2.05, 4.69) is 0 Å². The molecule has 0 fully saturated rings. The van der Waals surface area contributed by atoms with Gasteiger partial charge < -0.3 is 9.79 Å². The molecule has 2 N–H and O–H groups in total. The van der Waals surface area contributed by atoms with Crippen molar-refractivity contribution in [3.05, 3.63) is 10.7 Å². The molecular formula is C4H7O3PS. The molecule has 0 saturated heterocycles. The summed E-state index contributed by atoms with van der Waals surface area (Å²) in [6.45, 7) is 0. The summed E-state index contributed by atoms with van der Waals surface area (Å²) >= 11 is 1.25. The van der Waals surface area contributed by atoms with Gasteiger partial charge in [-0.3, -0.25) is 4.57 Å². The summed E-state index contributed by atoms with van der Waals surface area (Å²) < 4.78 is 10.7. The Labute approximate surface area is 57.3 Å². The fourth-order valence-electron chi connectivity index (χ4n) is 0.608. The van der Waals surface area contributed by atoms with Gasteiger partial charge in [-0.25, -0.2) is 0 Å². The molecule has 0 atom stereocenters. The largest absolute Gasteiger partial charge is 0.362 e. The molecule has 0 spiro atoms. The molecule has 0 bridgehead atoms. The lowest BCUT2D eigenvalue weighted by Crippen LogP contribution is -1.75. The van der Waals surface area contributed by atoms with Crippen molar-refractivity contribution >= 4 is 19.4 Å². The van der Waals surface area contributed by atoms with E-state index >= 15 is 0 Å². The van der Waals surface area contributed by atoms with Crippen molar-refractivity contribution in [3.8, 4) is 0 Å². The first kappa shape index (κ1) is 7.35. The lowest BCUT2D eigenvalue weighted by molar-refractivity contribution is 0.385. The van der Waals surface area contributed by atoms with Gasteiger partial charge >= 0.3 is 7.60 Å². The second kappa shape index (κ2) is 2.46. The Balaban J connectivity index is 2.73. The molecule has 0 aliphatic carbocycles. The monoisotopic (exact) mass is 166 g/mol. The lowest BCUT2D eigenvalue weighted by Gasteiger charge is -2.00. The SMILES string of the molecule is O=P(O)(O)C1=CCCS1. The summed E-state index contributed by atoms with van der Waals surface area (Å²) in [6, 6.07) is 0. The van der Waals surface area contributed by atoms with Crippen molar-refractivity contribution in [2.45, 2.75) is 6.42 Å². The van der Waals surface area contributed by atoms with E-state index in [0.29, 0.717) is 0 Å². The van der Waals surface area contributed by atoms with Gasteiger partial charge in [0.2, 0.25) is 0 Å². The van der Waals surface area contributed by atoms with Crippen molar-refractivity contribution < 1.29 is 14.4 Å². The van der Waals surface area contributed by atoms with E-state index < -0.39 is 7.60 Å². The molecule has 0 aromatic carbocycles. The molecule has 9 heavy (non-hydrogen) atoms. The molecule has 1 aliphatic rings. The van der Waals surface area contributed by atoms with E-state index in [1.165, 1.54) is 11.8 Å². The van der Waals surface area contributed by atoms with Gasteiger partial charge in [0.25, 0.3) is 0 Å². The fraction of sp³-hybridized carbons (Fsp3) is 0.500. The highest BCUT2D eigenvalue weighted by Gasteiger charge is 2.23. The van der Waals surface area contributed by atoms with Crippen molar-refractivity contribution in [2.24, 2.45) is 0 Å². The summed E-state index contributed by atoms with van der Waals surface area (Å²) in [4.78, 5) is 17.1. The Morgan fingerprint density at radius 3 is 2.56 bits per heavy atom. The smallest absolute Gasteiger partial charge is 0.321 e. The summed E-state index contributed by atoms with van der Waals surface area (Å²) in [5.41, 5.74) is 0. The van der Waals surface area contributed by atoms with Gasteiger partial charge in [-0.1, -0.05) is 6.08 Å². The zero-order valence-electron chi connectivity index (χ0n) is 4.65. The van der Waals surface area contributed by atoms with Gasteiger partial charge in [-0.05, 0) is 6.42 Å². The van der Waals surface area contributed by atoms with E-state index in [4.69, 9.17) is 9.79 Å². The summed E-state index contributed by atoms with van der Waals surface area (Å²) in [6.07, 6.45) is 2.39. The molecule has 3 nitrogen and oxygen atoms in total. The van der Waals surface area contributed by atoms with Crippen LogP contribution in [0, 0.1) is 0 Å². The van der Waals surface area contributed by atoms with Crippen LogP contribution in [-0.2, 0) is 4.57 Å². The predicted octanol–water partition coefficient (Wildman–Crippen LogP) is 1.14. The Kier molecular flexibility index (Phi) is 2.01. The van der Waals surface area contributed by atoms with Crippen LogP contribution in [0.2, 0.25) is 0 Å². The Morgan fingerprint density at radius 1 is 1.67 bits per heavy atom. The van der Waals surface area contributed by atoms with Gasteiger partial charge in [0.1, 0.15) is 0 Å². The highest BCUT2D eigenvalue weighted by atomic mass is 32.2. The molecule has 0 aromatic rings. The molecule has 0 amide bonds. The Bertz CT molecular complexity index is 182. The first-order valence-electron chi connectivity index (χ1n) is 2.50. The van der Waals surface area contributed by atoms with Gasteiger partial charge in [0, 0.05) is 5.75 Å². The maximum absolute atomic E-state index is 10.4. The van der Waals surface area contributed by atoms with Crippen LogP contribution >= 0.6 is 19.4 Å². The highest BCUT2D eigenvalue weighted by molar-refractivity contribution is 8.10. The zero-order valence-corrected chi connectivity index (χ0v) is 6.36.